The molecule has 0 amide bonds. The predicted molar refractivity (Wildman–Crippen MR) is 56.2 cm³/mol. The quantitative estimate of drug-likeness (QED) is 0.824. The van der Waals surface area contributed by atoms with Crippen molar-refractivity contribution in [1.29, 1.82) is 0 Å². The Kier molecular flexibility index (Phi) is 4.31. The summed E-state index contributed by atoms with van der Waals surface area (Å²) in [6.45, 7) is 0.142. The highest BCUT2D eigenvalue weighted by atomic mass is 79.9. The van der Waals surface area contributed by atoms with Gasteiger partial charge in [0.1, 0.15) is 5.82 Å². The molecule has 3 N–H and O–H groups in total. The highest BCUT2D eigenvalue weighted by Gasteiger charge is 2.17. The molecule has 15 heavy (non-hydrogen) atoms. The second kappa shape index (κ2) is 5.29. The summed E-state index contributed by atoms with van der Waals surface area (Å²) in [5, 5.41) is 9.50. The third-order valence-corrected chi connectivity index (χ3v) is 2.50. The maximum atomic E-state index is 13.6. The minimum absolute atomic E-state index is 0.104. The molecule has 0 bridgehead atoms. The Morgan fingerprint density at radius 1 is 1.60 bits per heavy atom. The molecule has 4 nitrogen and oxygen atoms in total. The van der Waals surface area contributed by atoms with Gasteiger partial charge in [-0.15, -0.1) is 0 Å². The number of phenols is 1. The first kappa shape index (κ1) is 12.2. The molecule has 0 saturated heterocycles. The van der Waals surface area contributed by atoms with Gasteiger partial charge in [0.05, 0.1) is 18.2 Å². The molecule has 0 heterocycles. The second-order valence-electron chi connectivity index (χ2n) is 2.82. The number of aromatic hydroxyl groups is 1. The van der Waals surface area contributed by atoms with Crippen LogP contribution in [0.5, 0.6) is 11.5 Å². The lowest BCUT2D eigenvalue weighted by molar-refractivity contribution is 0.140. The van der Waals surface area contributed by atoms with E-state index in [4.69, 9.17) is 10.6 Å². The first-order valence-corrected chi connectivity index (χ1v) is 4.96. The molecule has 0 radical (unpaired) electrons. The number of hydrogen-bond acceptors (Lipinski definition) is 4. The lowest BCUT2D eigenvalue weighted by Gasteiger charge is -2.12. The Labute approximate surface area is 94.9 Å². The van der Waals surface area contributed by atoms with Gasteiger partial charge < -0.3 is 14.7 Å². The van der Waals surface area contributed by atoms with E-state index in [-0.39, 0.29) is 34.6 Å². The summed E-state index contributed by atoms with van der Waals surface area (Å²) in [4.78, 5) is 4.36. The summed E-state index contributed by atoms with van der Waals surface area (Å²) in [5.74, 6) is 4.35. The lowest BCUT2D eigenvalue weighted by atomic mass is 10.1. The van der Waals surface area contributed by atoms with Crippen molar-refractivity contribution in [3.05, 3.63) is 21.9 Å². The van der Waals surface area contributed by atoms with E-state index < -0.39 is 5.82 Å². The highest BCUT2D eigenvalue weighted by molar-refractivity contribution is 9.10. The van der Waals surface area contributed by atoms with Crippen LogP contribution in [-0.4, -0.2) is 18.8 Å². The smallest absolute Gasteiger partial charge is 0.166 e. The van der Waals surface area contributed by atoms with Gasteiger partial charge in [-0.3, -0.25) is 0 Å². The number of phenolic OH excluding ortho intramolecular Hbond substituents is 1. The van der Waals surface area contributed by atoms with Gasteiger partial charge in [0.2, 0.25) is 0 Å². The van der Waals surface area contributed by atoms with E-state index >= 15 is 0 Å². The van der Waals surface area contributed by atoms with Crippen molar-refractivity contribution >= 4 is 15.9 Å². The van der Waals surface area contributed by atoms with Crippen LogP contribution in [0.15, 0.2) is 10.5 Å². The Bertz CT molecular complexity index is 360. The number of methoxy groups -OCH3 is 1. The van der Waals surface area contributed by atoms with Gasteiger partial charge in [0.15, 0.2) is 11.5 Å². The number of rotatable bonds is 4. The fourth-order valence-electron chi connectivity index (χ4n) is 1.26. The molecule has 1 rings (SSSR count). The standard InChI is InChI=1S/C9H11BrFNO3/c1-14-9-5(2-3-15-12)8(11)6(10)4-7(9)13/h4,13H,2-3,12H2,1H3. The molecule has 6 heteroatoms. The fourth-order valence-corrected chi connectivity index (χ4v) is 1.72. The molecule has 0 aliphatic heterocycles. The zero-order valence-electron chi connectivity index (χ0n) is 8.09. The average molecular weight is 280 g/mol. The van der Waals surface area contributed by atoms with Crippen LogP contribution in [0.3, 0.4) is 0 Å². The van der Waals surface area contributed by atoms with E-state index in [1.807, 2.05) is 0 Å². The Balaban J connectivity index is 3.18. The van der Waals surface area contributed by atoms with E-state index in [1.54, 1.807) is 0 Å². The van der Waals surface area contributed by atoms with Crippen LogP contribution in [0.1, 0.15) is 5.56 Å². The number of hydrogen-bond donors (Lipinski definition) is 2. The van der Waals surface area contributed by atoms with E-state index in [0.717, 1.165) is 0 Å². The van der Waals surface area contributed by atoms with Gasteiger partial charge in [-0.1, -0.05) is 0 Å². The maximum Gasteiger partial charge on any atom is 0.166 e. The summed E-state index contributed by atoms with van der Waals surface area (Å²) in [6, 6.07) is 1.24. The summed E-state index contributed by atoms with van der Waals surface area (Å²) in [5.41, 5.74) is 0.231. The monoisotopic (exact) mass is 279 g/mol. The van der Waals surface area contributed by atoms with Crippen molar-refractivity contribution in [2.75, 3.05) is 13.7 Å². The van der Waals surface area contributed by atoms with Gasteiger partial charge in [-0.05, 0) is 15.9 Å². The third kappa shape index (κ3) is 2.58. The predicted octanol–water partition coefficient (Wildman–Crippen LogP) is 1.74. The molecule has 0 spiro atoms. The van der Waals surface area contributed by atoms with Crippen molar-refractivity contribution in [2.24, 2.45) is 5.90 Å². The molecule has 0 atom stereocenters. The van der Waals surface area contributed by atoms with Crippen LogP contribution in [0.2, 0.25) is 0 Å². The summed E-state index contributed by atoms with van der Waals surface area (Å²) in [6.07, 6.45) is 0.221. The van der Waals surface area contributed by atoms with E-state index in [0.29, 0.717) is 0 Å². The Morgan fingerprint density at radius 2 is 2.27 bits per heavy atom. The first-order valence-electron chi connectivity index (χ1n) is 4.17. The van der Waals surface area contributed by atoms with Gasteiger partial charge >= 0.3 is 0 Å². The van der Waals surface area contributed by atoms with E-state index in [9.17, 15) is 9.50 Å². The van der Waals surface area contributed by atoms with Crippen LogP contribution in [-0.2, 0) is 11.3 Å². The zero-order chi connectivity index (χ0) is 11.4. The van der Waals surface area contributed by atoms with Gasteiger partial charge in [-0.25, -0.2) is 10.3 Å². The first-order chi connectivity index (χ1) is 7.11. The summed E-state index contributed by atoms with van der Waals surface area (Å²) < 4.78 is 18.7. The number of benzene rings is 1. The van der Waals surface area contributed by atoms with Crippen molar-refractivity contribution in [1.82, 2.24) is 0 Å². The van der Waals surface area contributed by atoms with Gasteiger partial charge in [0, 0.05) is 18.1 Å². The lowest BCUT2D eigenvalue weighted by Crippen LogP contribution is -2.07. The molecule has 0 aliphatic rings. The van der Waals surface area contributed by atoms with Crippen molar-refractivity contribution in [3.63, 3.8) is 0 Å². The topological polar surface area (TPSA) is 64.7 Å². The summed E-state index contributed by atoms with van der Waals surface area (Å²) >= 11 is 2.99. The number of halogens is 2. The molecular formula is C9H11BrFNO3. The van der Waals surface area contributed by atoms with Crippen molar-refractivity contribution < 1.29 is 19.1 Å². The highest BCUT2D eigenvalue weighted by Crippen LogP contribution is 2.36. The Morgan fingerprint density at radius 3 is 2.80 bits per heavy atom. The SMILES string of the molecule is COc1c(O)cc(Br)c(F)c1CCON. The third-order valence-electron chi connectivity index (χ3n) is 1.92. The second-order valence-corrected chi connectivity index (χ2v) is 3.68. The molecule has 1 aromatic carbocycles. The molecule has 0 unspecified atom stereocenters. The van der Waals surface area contributed by atoms with Crippen LogP contribution in [0, 0.1) is 5.82 Å². The molecule has 0 saturated carbocycles. The average Bonchev–Trinajstić information content (AvgIpc) is 2.21. The molecule has 0 aliphatic carbocycles. The largest absolute Gasteiger partial charge is 0.504 e. The van der Waals surface area contributed by atoms with E-state index in [2.05, 4.69) is 20.8 Å². The minimum atomic E-state index is -0.485. The number of ether oxygens (including phenoxy) is 1. The molecule has 1 aromatic rings. The van der Waals surface area contributed by atoms with Crippen LogP contribution in [0.25, 0.3) is 0 Å². The van der Waals surface area contributed by atoms with Crippen molar-refractivity contribution in [3.8, 4) is 11.5 Å². The van der Waals surface area contributed by atoms with Gasteiger partial charge in [-0.2, -0.15) is 0 Å². The van der Waals surface area contributed by atoms with Crippen LogP contribution >= 0.6 is 15.9 Å². The minimum Gasteiger partial charge on any atom is -0.504 e. The van der Waals surface area contributed by atoms with Gasteiger partial charge in [0.25, 0.3) is 0 Å². The maximum absolute atomic E-state index is 13.6. The van der Waals surface area contributed by atoms with E-state index in [1.165, 1.54) is 13.2 Å². The zero-order valence-corrected chi connectivity index (χ0v) is 9.67. The molecule has 0 aromatic heterocycles. The molecule has 84 valence electrons. The van der Waals surface area contributed by atoms with Crippen LogP contribution in [0.4, 0.5) is 4.39 Å². The normalized spacial score (nSPS) is 10.4. The fraction of sp³-hybridized carbons (Fsp3) is 0.333. The molecule has 0 fully saturated rings. The van der Waals surface area contributed by atoms with Crippen LogP contribution < -0.4 is 10.6 Å². The number of nitrogens with two attached hydrogens (primary N) is 1. The van der Waals surface area contributed by atoms with Crippen molar-refractivity contribution in [2.45, 2.75) is 6.42 Å². The summed E-state index contributed by atoms with van der Waals surface area (Å²) in [7, 11) is 1.36. The Hall–Kier alpha value is -0.850. The molecular weight excluding hydrogens is 269 g/mol.